The monoisotopic (exact) mass is 270 g/mol. The molecule has 1 N–H and O–H groups in total. The largest absolute Gasteiger partial charge is 0.289 e. The first kappa shape index (κ1) is 12.2. The van der Waals surface area contributed by atoms with Crippen molar-refractivity contribution in [1.82, 2.24) is 10.4 Å². The molecule has 0 fully saturated rings. The van der Waals surface area contributed by atoms with Gasteiger partial charge in [-0.25, -0.2) is 5.01 Å². The summed E-state index contributed by atoms with van der Waals surface area (Å²) in [6.45, 7) is 1.89. The molecular weight excluding hydrogens is 256 g/mol. The van der Waals surface area contributed by atoms with Crippen LogP contribution in [0.3, 0.4) is 0 Å². The van der Waals surface area contributed by atoms with Crippen molar-refractivity contribution >= 4 is 21.8 Å². The highest BCUT2D eigenvalue weighted by Gasteiger charge is 2.15. The van der Waals surface area contributed by atoms with Crippen LogP contribution < -0.4 is 5.43 Å². The molecule has 0 radical (unpaired) electrons. The Balaban J connectivity index is 2.76. The number of halogens is 1. The molecular formula is C11H15BrN2O. The second kappa shape index (κ2) is 5.28. The first-order valence-electron chi connectivity index (χ1n) is 4.74. The van der Waals surface area contributed by atoms with Crippen molar-refractivity contribution in [3.8, 4) is 0 Å². The Morgan fingerprint density at radius 3 is 2.67 bits per heavy atom. The zero-order chi connectivity index (χ0) is 11.4. The van der Waals surface area contributed by atoms with Crippen molar-refractivity contribution in [1.29, 1.82) is 0 Å². The van der Waals surface area contributed by atoms with E-state index in [9.17, 15) is 4.79 Å². The van der Waals surface area contributed by atoms with E-state index in [1.807, 2.05) is 31.2 Å². The van der Waals surface area contributed by atoms with Gasteiger partial charge in [0.25, 0.3) is 0 Å². The van der Waals surface area contributed by atoms with Gasteiger partial charge in [-0.2, -0.15) is 0 Å². The molecule has 0 aliphatic rings. The first-order valence-corrected chi connectivity index (χ1v) is 5.53. The van der Waals surface area contributed by atoms with E-state index in [-0.39, 0.29) is 11.8 Å². The Labute approximate surface area is 98.6 Å². The van der Waals surface area contributed by atoms with Crippen molar-refractivity contribution in [3.63, 3.8) is 0 Å². The molecule has 0 aliphatic heterocycles. The number of hydrogen-bond donors (Lipinski definition) is 1. The molecule has 0 heterocycles. The van der Waals surface area contributed by atoms with E-state index >= 15 is 0 Å². The Bertz CT molecular complexity index is 352. The maximum absolute atomic E-state index is 11.7. The smallest absolute Gasteiger partial charge is 0.241 e. The minimum Gasteiger partial charge on any atom is -0.289 e. The summed E-state index contributed by atoms with van der Waals surface area (Å²) in [5.41, 5.74) is 3.74. The van der Waals surface area contributed by atoms with Crippen LogP contribution in [0.25, 0.3) is 0 Å². The lowest BCUT2D eigenvalue weighted by atomic mass is 10.0. The van der Waals surface area contributed by atoms with Crippen molar-refractivity contribution < 1.29 is 4.79 Å². The fraction of sp³-hybridized carbons (Fsp3) is 0.364. The van der Waals surface area contributed by atoms with Gasteiger partial charge >= 0.3 is 0 Å². The lowest BCUT2D eigenvalue weighted by Crippen LogP contribution is -2.38. The second-order valence-corrected chi connectivity index (χ2v) is 4.56. The van der Waals surface area contributed by atoms with E-state index in [1.54, 1.807) is 19.1 Å². The molecule has 3 nitrogen and oxygen atoms in total. The molecule has 0 aromatic heterocycles. The van der Waals surface area contributed by atoms with Gasteiger partial charge in [0.2, 0.25) is 5.91 Å². The molecule has 1 aromatic carbocycles. The normalized spacial score (nSPS) is 12.6. The number of rotatable bonds is 3. The van der Waals surface area contributed by atoms with Gasteiger partial charge < -0.3 is 0 Å². The minimum absolute atomic E-state index is 0.00176. The molecule has 1 atom stereocenters. The van der Waals surface area contributed by atoms with Crippen LogP contribution in [0, 0.1) is 0 Å². The summed E-state index contributed by atoms with van der Waals surface area (Å²) in [4.78, 5) is 11.7. The maximum Gasteiger partial charge on any atom is 0.241 e. The average Bonchev–Trinajstić information content (AvgIpc) is 2.15. The summed E-state index contributed by atoms with van der Waals surface area (Å²) in [6, 6.07) is 7.78. The molecule has 0 saturated heterocycles. The second-order valence-electron chi connectivity index (χ2n) is 3.65. The van der Waals surface area contributed by atoms with Crippen LogP contribution in [0.5, 0.6) is 0 Å². The van der Waals surface area contributed by atoms with Crippen LogP contribution in [0.15, 0.2) is 28.7 Å². The third kappa shape index (κ3) is 3.64. The van der Waals surface area contributed by atoms with Crippen molar-refractivity contribution in [3.05, 3.63) is 34.3 Å². The number of carbonyl (C=O) groups excluding carboxylic acids is 1. The predicted molar refractivity (Wildman–Crippen MR) is 64.4 cm³/mol. The van der Waals surface area contributed by atoms with Crippen LogP contribution in [-0.2, 0) is 4.79 Å². The number of nitrogens with one attached hydrogen (secondary N) is 1. The first-order chi connectivity index (χ1) is 7.00. The molecule has 1 aromatic rings. The highest BCUT2D eigenvalue weighted by molar-refractivity contribution is 9.10. The van der Waals surface area contributed by atoms with Gasteiger partial charge in [0.15, 0.2) is 0 Å². The van der Waals surface area contributed by atoms with Gasteiger partial charge in [-0.1, -0.05) is 28.1 Å². The molecule has 82 valence electrons. The van der Waals surface area contributed by atoms with Gasteiger partial charge in [-0.15, -0.1) is 0 Å². The Kier molecular flexibility index (Phi) is 4.29. The lowest BCUT2D eigenvalue weighted by molar-refractivity contribution is -0.125. The summed E-state index contributed by atoms with van der Waals surface area (Å²) >= 11 is 3.39. The Morgan fingerprint density at radius 2 is 2.13 bits per heavy atom. The lowest BCUT2D eigenvalue weighted by Gasteiger charge is -2.16. The fourth-order valence-electron chi connectivity index (χ4n) is 1.24. The molecule has 0 bridgehead atoms. The summed E-state index contributed by atoms with van der Waals surface area (Å²) in [5, 5.41) is 1.65. The summed E-state index contributed by atoms with van der Waals surface area (Å²) in [7, 11) is 3.59. The number of hydrogen-bond acceptors (Lipinski definition) is 2. The highest BCUT2D eigenvalue weighted by Crippen LogP contribution is 2.19. The minimum atomic E-state index is -0.148. The van der Waals surface area contributed by atoms with Crippen LogP contribution in [0.2, 0.25) is 0 Å². The number of carbonyl (C=O) groups is 1. The van der Waals surface area contributed by atoms with Crippen molar-refractivity contribution in [2.24, 2.45) is 0 Å². The Hall–Kier alpha value is -0.870. The molecule has 1 unspecified atom stereocenters. The molecule has 15 heavy (non-hydrogen) atoms. The van der Waals surface area contributed by atoms with Gasteiger partial charge in [-0.3, -0.25) is 10.2 Å². The molecule has 0 aliphatic carbocycles. The maximum atomic E-state index is 11.7. The zero-order valence-electron chi connectivity index (χ0n) is 9.12. The van der Waals surface area contributed by atoms with Crippen LogP contribution in [0.4, 0.5) is 0 Å². The number of benzene rings is 1. The van der Waals surface area contributed by atoms with E-state index in [1.165, 1.54) is 0 Å². The zero-order valence-corrected chi connectivity index (χ0v) is 10.7. The molecule has 0 saturated carbocycles. The van der Waals surface area contributed by atoms with Crippen molar-refractivity contribution in [2.75, 3.05) is 14.1 Å². The molecule has 4 heteroatoms. The summed E-state index contributed by atoms with van der Waals surface area (Å²) in [6.07, 6.45) is 0. The van der Waals surface area contributed by atoms with Gasteiger partial charge in [0.05, 0.1) is 5.92 Å². The topological polar surface area (TPSA) is 32.3 Å². The highest BCUT2D eigenvalue weighted by atomic mass is 79.9. The SMILES string of the molecule is CC(C(=O)NN(C)C)c1cccc(Br)c1. The molecule has 1 rings (SSSR count). The number of amides is 1. The predicted octanol–water partition coefficient (Wildman–Crippen LogP) is 2.15. The van der Waals surface area contributed by atoms with E-state index in [0.717, 1.165) is 10.0 Å². The van der Waals surface area contributed by atoms with Crippen LogP contribution >= 0.6 is 15.9 Å². The van der Waals surface area contributed by atoms with E-state index in [2.05, 4.69) is 21.4 Å². The third-order valence-electron chi connectivity index (χ3n) is 2.08. The van der Waals surface area contributed by atoms with E-state index in [4.69, 9.17) is 0 Å². The van der Waals surface area contributed by atoms with Gasteiger partial charge in [0, 0.05) is 18.6 Å². The van der Waals surface area contributed by atoms with Crippen molar-refractivity contribution in [2.45, 2.75) is 12.8 Å². The van der Waals surface area contributed by atoms with Crippen LogP contribution in [0.1, 0.15) is 18.4 Å². The van der Waals surface area contributed by atoms with E-state index in [0.29, 0.717) is 0 Å². The average molecular weight is 271 g/mol. The fourth-order valence-corrected chi connectivity index (χ4v) is 1.66. The summed E-state index contributed by atoms with van der Waals surface area (Å²) < 4.78 is 0.990. The quantitative estimate of drug-likeness (QED) is 0.854. The van der Waals surface area contributed by atoms with E-state index < -0.39 is 0 Å². The van der Waals surface area contributed by atoms with Gasteiger partial charge in [-0.05, 0) is 24.6 Å². The third-order valence-corrected chi connectivity index (χ3v) is 2.57. The summed E-state index contributed by atoms with van der Waals surface area (Å²) in [5.74, 6) is -0.150. The number of nitrogens with zero attached hydrogens (tertiary/aromatic N) is 1. The Morgan fingerprint density at radius 1 is 1.47 bits per heavy atom. The standard InChI is InChI=1S/C11H15BrN2O/c1-8(11(15)13-14(2)3)9-5-4-6-10(12)7-9/h4-8H,1-3H3,(H,13,15). The molecule has 0 spiro atoms. The molecule has 1 amide bonds. The van der Waals surface area contributed by atoms with Gasteiger partial charge in [0.1, 0.15) is 0 Å². The number of hydrazine groups is 1. The van der Waals surface area contributed by atoms with Crippen LogP contribution in [-0.4, -0.2) is 25.0 Å².